The summed E-state index contributed by atoms with van der Waals surface area (Å²) in [5, 5.41) is 5.93. The SMILES string of the molecule is COC(=O)CCCNC1CCCNC1=O. The number of piperidine rings is 1. The monoisotopic (exact) mass is 214 g/mol. The Bertz CT molecular complexity index is 231. The van der Waals surface area contributed by atoms with Gasteiger partial charge in [0.2, 0.25) is 5.91 Å². The van der Waals surface area contributed by atoms with E-state index in [1.54, 1.807) is 0 Å². The van der Waals surface area contributed by atoms with Gasteiger partial charge < -0.3 is 15.4 Å². The molecule has 1 amide bonds. The van der Waals surface area contributed by atoms with Gasteiger partial charge in [0.25, 0.3) is 0 Å². The second-order valence-electron chi connectivity index (χ2n) is 3.62. The molecule has 0 bridgehead atoms. The van der Waals surface area contributed by atoms with Crippen LogP contribution >= 0.6 is 0 Å². The molecule has 0 aromatic heterocycles. The van der Waals surface area contributed by atoms with Gasteiger partial charge >= 0.3 is 5.97 Å². The van der Waals surface area contributed by atoms with Gasteiger partial charge in [0.15, 0.2) is 0 Å². The maximum absolute atomic E-state index is 11.3. The molecule has 0 saturated carbocycles. The molecule has 1 aliphatic rings. The van der Waals surface area contributed by atoms with Crippen molar-refractivity contribution in [3.05, 3.63) is 0 Å². The molecule has 0 aromatic rings. The van der Waals surface area contributed by atoms with E-state index in [0.29, 0.717) is 19.4 Å². The first-order valence-electron chi connectivity index (χ1n) is 5.32. The van der Waals surface area contributed by atoms with Crippen LogP contribution in [0.1, 0.15) is 25.7 Å². The predicted molar refractivity (Wildman–Crippen MR) is 55.3 cm³/mol. The average Bonchev–Trinajstić information content (AvgIpc) is 2.26. The molecule has 0 spiro atoms. The molecule has 1 unspecified atom stereocenters. The number of carbonyl (C=O) groups excluding carboxylic acids is 2. The highest BCUT2D eigenvalue weighted by atomic mass is 16.5. The third kappa shape index (κ3) is 4.29. The molecule has 15 heavy (non-hydrogen) atoms. The van der Waals surface area contributed by atoms with E-state index in [0.717, 1.165) is 19.4 Å². The number of esters is 1. The second kappa shape index (κ2) is 6.40. The highest BCUT2D eigenvalue weighted by Crippen LogP contribution is 2.02. The summed E-state index contributed by atoms with van der Waals surface area (Å²) in [7, 11) is 1.38. The van der Waals surface area contributed by atoms with Crippen LogP contribution < -0.4 is 10.6 Å². The highest BCUT2D eigenvalue weighted by Gasteiger charge is 2.20. The molecule has 0 radical (unpaired) electrons. The largest absolute Gasteiger partial charge is 0.469 e. The van der Waals surface area contributed by atoms with Gasteiger partial charge in [-0.3, -0.25) is 9.59 Å². The van der Waals surface area contributed by atoms with Gasteiger partial charge in [0.1, 0.15) is 0 Å². The van der Waals surface area contributed by atoms with Crippen LogP contribution in [0.2, 0.25) is 0 Å². The van der Waals surface area contributed by atoms with E-state index in [1.807, 2.05) is 0 Å². The standard InChI is InChI=1S/C10H18N2O3/c1-15-9(13)5-3-6-11-8-4-2-7-12-10(8)14/h8,11H,2-7H2,1H3,(H,12,14). The Morgan fingerprint density at radius 3 is 3.13 bits per heavy atom. The van der Waals surface area contributed by atoms with Crippen LogP contribution in [0.3, 0.4) is 0 Å². The first kappa shape index (κ1) is 12.0. The minimum Gasteiger partial charge on any atom is -0.469 e. The second-order valence-corrected chi connectivity index (χ2v) is 3.62. The number of amides is 1. The topological polar surface area (TPSA) is 67.4 Å². The summed E-state index contributed by atoms with van der Waals surface area (Å²) in [6.07, 6.45) is 3.00. The van der Waals surface area contributed by atoms with Gasteiger partial charge in [-0.25, -0.2) is 0 Å². The number of hydrogen-bond donors (Lipinski definition) is 2. The zero-order valence-corrected chi connectivity index (χ0v) is 9.04. The lowest BCUT2D eigenvalue weighted by atomic mass is 10.1. The van der Waals surface area contributed by atoms with Crippen LogP contribution in [-0.4, -0.2) is 38.1 Å². The lowest BCUT2D eigenvalue weighted by molar-refractivity contribution is -0.140. The van der Waals surface area contributed by atoms with Crippen LogP contribution in [0, 0.1) is 0 Å². The minimum atomic E-state index is -0.204. The average molecular weight is 214 g/mol. The third-order valence-electron chi connectivity index (χ3n) is 2.46. The number of carbonyl (C=O) groups is 2. The lowest BCUT2D eigenvalue weighted by Crippen LogP contribution is -2.48. The molecule has 5 nitrogen and oxygen atoms in total. The first-order valence-corrected chi connectivity index (χ1v) is 5.32. The molecule has 0 aliphatic carbocycles. The summed E-state index contributed by atoms with van der Waals surface area (Å²) >= 11 is 0. The maximum Gasteiger partial charge on any atom is 0.305 e. The molecule has 1 heterocycles. The van der Waals surface area contributed by atoms with Gasteiger partial charge in [0.05, 0.1) is 13.2 Å². The molecule has 0 aromatic carbocycles. The van der Waals surface area contributed by atoms with Gasteiger partial charge in [-0.05, 0) is 25.8 Å². The Balaban J connectivity index is 2.08. The van der Waals surface area contributed by atoms with Crippen molar-refractivity contribution in [2.24, 2.45) is 0 Å². The van der Waals surface area contributed by atoms with E-state index in [2.05, 4.69) is 15.4 Å². The fourth-order valence-electron chi connectivity index (χ4n) is 1.58. The first-order chi connectivity index (χ1) is 7.24. The Hall–Kier alpha value is -1.10. The smallest absolute Gasteiger partial charge is 0.305 e. The number of rotatable bonds is 5. The fraction of sp³-hybridized carbons (Fsp3) is 0.800. The van der Waals surface area contributed by atoms with Crippen molar-refractivity contribution in [2.75, 3.05) is 20.2 Å². The summed E-state index contributed by atoms with van der Waals surface area (Å²) in [4.78, 5) is 22.1. The minimum absolute atomic E-state index is 0.0688. The quantitative estimate of drug-likeness (QED) is 0.491. The zero-order chi connectivity index (χ0) is 11.1. The molecule has 1 rings (SSSR count). The van der Waals surface area contributed by atoms with E-state index >= 15 is 0 Å². The van der Waals surface area contributed by atoms with E-state index in [4.69, 9.17) is 0 Å². The Morgan fingerprint density at radius 1 is 1.67 bits per heavy atom. The molecule has 1 aliphatic heterocycles. The van der Waals surface area contributed by atoms with Crippen LogP contribution in [0.5, 0.6) is 0 Å². The third-order valence-corrected chi connectivity index (χ3v) is 2.46. The Morgan fingerprint density at radius 2 is 2.47 bits per heavy atom. The molecule has 1 fully saturated rings. The molecule has 1 atom stereocenters. The van der Waals surface area contributed by atoms with Crippen LogP contribution in [0.15, 0.2) is 0 Å². The van der Waals surface area contributed by atoms with Crippen molar-refractivity contribution in [2.45, 2.75) is 31.7 Å². The van der Waals surface area contributed by atoms with Crippen molar-refractivity contribution in [1.29, 1.82) is 0 Å². The van der Waals surface area contributed by atoms with Crippen LogP contribution in [0.4, 0.5) is 0 Å². The van der Waals surface area contributed by atoms with E-state index in [9.17, 15) is 9.59 Å². The molecule has 5 heteroatoms. The van der Waals surface area contributed by atoms with E-state index in [1.165, 1.54) is 7.11 Å². The van der Waals surface area contributed by atoms with Gasteiger partial charge in [-0.15, -0.1) is 0 Å². The maximum atomic E-state index is 11.3. The fourth-order valence-corrected chi connectivity index (χ4v) is 1.58. The van der Waals surface area contributed by atoms with Crippen molar-refractivity contribution in [1.82, 2.24) is 10.6 Å². The van der Waals surface area contributed by atoms with E-state index in [-0.39, 0.29) is 17.9 Å². The zero-order valence-electron chi connectivity index (χ0n) is 9.04. The molecular formula is C10H18N2O3. The number of methoxy groups -OCH3 is 1. The van der Waals surface area contributed by atoms with Gasteiger partial charge in [0, 0.05) is 13.0 Å². The molecule has 86 valence electrons. The highest BCUT2D eigenvalue weighted by molar-refractivity contribution is 5.82. The summed E-state index contributed by atoms with van der Waals surface area (Å²) in [6, 6.07) is -0.0867. The van der Waals surface area contributed by atoms with Crippen molar-refractivity contribution >= 4 is 11.9 Å². The van der Waals surface area contributed by atoms with Crippen molar-refractivity contribution in [3.63, 3.8) is 0 Å². The van der Waals surface area contributed by atoms with E-state index < -0.39 is 0 Å². The summed E-state index contributed by atoms with van der Waals surface area (Å²) in [5.74, 6) is -0.135. The number of nitrogens with one attached hydrogen (secondary N) is 2. The molecule has 2 N–H and O–H groups in total. The molecule has 1 saturated heterocycles. The van der Waals surface area contributed by atoms with Gasteiger partial charge in [-0.2, -0.15) is 0 Å². The summed E-state index contributed by atoms with van der Waals surface area (Å²) in [6.45, 7) is 1.45. The van der Waals surface area contributed by atoms with Crippen molar-refractivity contribution < 1.29 is 14.3 Å². The summed E-state index contributed by atoms with van der Waals surface area (Å²) < 4.78 is 4.52. The lowest BCUT2D eigenvalue weighted by Gasteiger charge is -2.22. The van der Waals surface area contributed by atoms with Gasteiger partial charge in [-0.1, -0.05) is 0 Å². The molecular weight excluding hydrogens is 196 g/mol. The Labute approximate surface area is 89.6 Å². The Kier molecular flexibility index (Phi) is 5.10. The number of ether oxygens (including phenoxy) is 1. The van der Waals surface area contributed by atoms with Crippen molar-refractivity contribution in [3.8, 4) is 0 Å². The number of hydrogen-bond acceptors (Lipinski definition) is 4. The summed E-state index contributed by atoms with van der Waals surface area (Å²) in [5.41, 5.74) is 0. The predicted octanol–water partition coefficient (Wildman–Crippen LogP) is -0.192. The van der Waals surface area contributed by atoms with Crippen LogP contribution in [-0.2, 0) is 14.3 Å². The van der Waals surface area contributed by atoms with Crippen LogP contribution in [0.25, 0.3) is 0 Å². The normalized spacial score (nSPS) is 20.9.